The summed E-state index contributed by atoms with van der Waals surface area (Å²) in [4.78, 5) is 0. The largest absolute Gasteiger partial charge is 0.0654 e. The van der Waals surface area contributed by atoms with Crippen molar-refractivity contribution >= 4 is 0 Å². The summed E-state index contributed by atoms with van der Waals surface area (Å²) >= 11 is 0. The van der Waals surface area contributed by atoms with Crippen molar-refractivity contribution in [3.63, 3.8) is 0 Å². The van der Waals surface area contributed by atoms with Crippen LogP contribution in [0.4, 0.5) is 0 Å². The molecular weight excluding hydrogens is 264 g/mol. The van der Waals surface area contributed by atoms with Gasteiger partial charge in [0.1, 0.15) is 0 Å². The van der Waals surface area contributed by atoms with Crippen molar-refractivity contribution in [1.29, 1.82) is 0 Å². The van der Waals surface area contributed by atoms with Crippen molar-refractivity contribution in [3.8, 4) is 0 Å². The standard InChI is InChI=1S/C22H34/c1-3-5-6-7-11-19-16-18-12-8-9-13-20(18)22-17(10-4-2)14-15-21(19)22/h16-17H,3-15H2,1-2H3. The maximum atomic E-state index is 2.63. The molecule has 122 valence electrons. The monoisotopic (exact) mass is 298 g/mol. The molecule has 3 rings (SSSR count). The van der Waals surface area contributed by atoms with Gasteiger partial charge in [0.2, 0.25) is 0 Å². The van der Waals surface area contributed by atoms with Crippen LogP contribution in [-0.2, 0) is 25.7 Å². The zero-order valence-corrected chi connectivity index (χ0v) is 14.8. The Morgan fingerprint density at radius 1 is 0.909 bits per heavy atom. The van der Waals surface area contributed by atoms with E-state index in [0.717, 1.165) is 5.92 Å². The first-order valence-corrected chi connectivity index (χ1v) is 10.0. The van der Waals surface area contributed by atoms with Gasteiger partial charge in [-0.15, -0.1) is 0 Å². The third-order valence-corrected chi connectivity index (χ3v) is 5.98. The average molecular weight is 299 g/mol. The van der Waals surface area contributed by atoms with Crippen LogP contribution in [0.25, 0.3) is 0 Å². The second-order valence-electron chi connectivity index (χ2n) is 7.61. The molecule has 0 aromatic heterocycles. The van der Waals surface area contributed by atoms with Crippen molar-refractivity contribution in [2.45, 2.75) is 103 Å². The molecule has 0 heteroatoms. The molecule has 0 spiro atoms. The third-order valence-electron chi connectivity index (χ3n) is 5.98. The predicted octanol–water partition coefficient (Wildman–Crippen LogP) is 6.52. The minimum absolute atomic E-state index is 0.891. The highest BCUT2D eigenvalue weighted by molar-refractivity contribution is 5.51. The Balaban J connectivity index is 1.88. The Hall–Kier alpha value is -0.780. The van der Waals surface area contributed by atoms with Crippen molar-refractivity contribution in [2.24, 2.45) is 0 Å². The minimum atomic E-state index is 0.891. The van der Waals surface area contributed by atoms with E-state index in [0.29, 0.717) is 0 Å². The first-order valence-electron chi connectivity index (χ1n) is 10.0. The summed E-state index contributed by atoms with van der Waals surface area (Å²) in [6, 6.07) is 2.63. The highest BCUT2D eigenvalue weighted by atomic mass is 14.3. The molecule has 0 N–H and O–H groups in total. The smallest absolute Gasteiger partial charge is 0.0153 e. The maximum Gasteiger partial charge on any atom is -0.0153 e. The van der Waals surface area contributed by atoms with Crippen molar-refractivity contribution in [3.05, 3.63) is 33.9 Å². The molecule has 1 atom stereocenters. The second-order valence-corrected chi connectivity index (χ2v) is 7.61. The summed E-state index contributed by atoms with van der Waals surface area (Å²) < 4.78 is 0. The quantitative estimate of drug-likeness (QED) is 0.503. The molecule has 1 unspecified atom stereocenters. The minimum Gasteiger partial charge on any atom is -0.0654 e. The lowest BCUT2D eigenvalue weighted by Gasteiger charge is -2.25. The fourth-order valence-electron chi connectivity index (χ4n) is 4.90. The summed E-state index contributed by atoms with van der Waals surface area (Å²) in [5.74, 6) is 0.891. The molecule has 0 aliphatic heterocycles. The van der Waals surface area contributed by atoms with Gasteiger partial charge in [-0.3, -0.25) is 0 Å². The number of fused-ring (bicyclic) bond motifs is 3. The van der Waals surface area contributed by atoms with Crippen LogP contribution in [0.15, 0.2) is 6.07 Å². The van der Waals surface area contributed by atoms with Gasteiger partial charge in [0, 0.05) is 0 Å². The van der Waals surface area contributed by atoms with E-state index in [2.05, 4.69) is 19.9 Å². The molecule has 22 heavy (non-hydrogen) atoms. The van der Waals surface area contributed by atoms with Crippen LogP contribution >= 0.6 is 0 Å². The highest BCUT2D eigenvalue weighted by Gasteiger charge is 2.29. The van der Waals surface area contributed by atoms with Gasteiger partial charge in [-0.25, -0.2) is 0 Å². The Morgan fingerprint density at radius 2 is 1.77 bits per heavy atom. The lowest BCUT2D eigenvalue weighted by molar-refractivity contribution is 0.595. The normalized spacial score (nSPS) is 20.0. The molecule has 2 aliphatic rings. The fraction of sp³-hybridized carbons (Fsp3) is 0.727. The topological polar surface area (TPSA) is 0 Å². The zero-order chi connectivity index (χ0) is 15.4. The van der Waals surface area contributed by atoms with Gasteiger partial charge in [-0.05, 0) is 91.5 Å². The number of hydrogen-bond acceptors (Lipinski definition) is 0. The van der Waals surface area contributed by atoms with Gasteiger partial charge in [-0.1, -0.05) is 45.6 Å². The number of aryl methyl sites for hydroxylation is 2. The summed E-state index contributed by atoms with van der Waals surface area (Å²) in [5, 5.41) is 0. The van der Waals surface area contributed by atoms with Crippen molar-refractivity contribution in [1.82, 2.24) is 0 Å². The summed E-state index contributed by atoms with van der Waals surface area (Å²) in [6.07, 6.45) is 18.0. The van der Waals surface area contributed by atoms with E-state index in [4.69, 9.17) is 0 Å². The lowest BCUT2D eigenvalue weighted by Crippen LogP contribution is -2.11. The third kappa shape index (κ3) is 3.26. The van der Waals surface area contributed by atoms with Crippen LogP contribution in [0.1, 0.15) is 105 Å². The van der Waals surface area contributed by atoms with Gasteiger partial charge in [0.05, 0.1) is 0 Å². The molecule has 0 saturated heterocycles. The van der Waals surface area contributed by atoms with E-state index in [1.54, 1.807) is 22.3 Å². The fourth-order valence-corrected chi connectivity index (χ4v) is 4.90. The summed E-state index contributed by atoms with van der Waals surface area (Å²) in [6.45, 7) is 4.67. The Morgan fingerprint density at radius 3 is 2.59 bits per heavy atom. The number of rotatable bonds is 7. The second kappa shape index (κ2) is 7.66. The Kier molecular flexibility index (Phi) is 5.61. The van der Waals surface area contributed by atoms with Crippen LogP contribution in [0.5, 0.6) is 0 Å². The predicted molar refractivity (Wildman–Crippen MR) is 96.9 cm³/mol. The molecule has 2 aliphatic carbocycles. The van der Waals surface area contributed by atoms with E-state index in [9.17, 15) is 0 Å². The highest BCUT2D eigenvalue weighted by Crippen LogP contribution is 2.43. The molecule has 0 nitrogen and oxygen atoms in total. The molecule has 0 heterocycles. The van der Waals surface area contributed by atoms with Gasteiger partial charge in [0.15, 0.2) is 0 Å². The first kappa shape index (κ1) is 16.1. The van der Waals surface area contributed by atoms with Crippen LogP contribution in [0, 0.1) is 0 Å². The van der Waals surface area contributed by atoms with Crippen LogP contribution < -0.4 is 0 Å². The molecular formula is C22H34. The van der Waals surface area contributed by atoms with E-state index >= 15 is 0 Å². The van der Waals surface area contributed by atoms with Gasteiger partial charge < -0.3 is 0 Å². The number of hydrogen-bond donors (Lipinski definition) is 0. The SMILES string of the molecule is CCCCCCc1cc2c(c3c1CCC3CCC)CCCC2. The van der Waals surface area contributed by atoms with E-state index < -0.39 is 0 Å². The molecule has 0 bridgehead atoms. The van der Waals surface area contributed by atoms with Crippen LogP contribution in [0.3, 0.4) is 0 Å². The van der Waals surface area contributed by atoms with Gasteiger partial charge in [0.25, 0.3) is 0 Å². The van der Waals surface area contributed by atoms with Crippen molar-refractivity contribution in [2.75, 3.05) is 0 Å². The molecule has 0 fully saturated rings. The molecule has 0 amide bonds. The van der Waals surface area contributed by atoms with Crippen LogP contribution in [-0.4, -0.2) is 0 Å². The van der Waals surface area contributed by atoms with Gasteiger partial charge >= 0.3 is 0 Å². The molecule has 1 aromatic rings. The van der Waals surface area contributed by atoms with Crippen molar-refractivity contribution < 1.29 is 0 Å². The van der Waals surface area contributed by atoms with E-state index in [-0.39, 0.29) is 0 Å². The molecule has 0 radical (unpaired) electrons. The maximum absolute atomic E-state index is 2.63. The van der Waals surface area contributed by atoms with E-state index in [1.807, 2.05) is 5.56 Å². The lowest BCUT2D eigenvalue weighted by atomic mass is 9.80. The molecule has 1 aromatic carbocycles. The average Bonchev–Trinajstić information content (AvgIpc) is 2.96. The zero-order valence-electron chi connectivity index (χ0n) is 14.8. The first-order chi connectivity index (χ1) is 10.8. The Labute approximate surface area is 137 Å². The summed E-state index contributed by atoms with van der Waals surface area (Å²) in [7, 11) is 0. The van der Waals surface area contributed by atoms with Crippen LogP contribution in [0.2, 0.25) is 0 Å². The van der Waals surface area contributed by atoms with Gasteiger partial charge in [-0.2, -0.15) is 0 Å². The molecule has 0 saturated carbocycles. The Bertz CT molecular complexity index is 497. The summed E-state index contributed by atoms with van der Waals surface area (Å²) in [5.41, 5.74) is 8.93. The number of benzene rings is 1. The number of unbranched alkanes of at least 4 members (excludes halogenated alkanes) is 3. The van der Waals surface area contributed by atoms with E-state index in [1.165, 1.54) is 83.5 Å².